The number of nitriles is 2. The highest BCUT2D eigenvalue weighted by atomic mass is 16.2. The van der Waals surface area contributed by atoms with E-state index in [2.05, 4.69) is 5.32 Å². The predicted molar refractivity (Wildman–Crippen MR) is 88.5 cm³/mol. The van der Waals surface area contributed by atoms with Gasteiger partial charge >= 0.3 is 0 Å². The zero-order valence-electron chi connectivity index (χ0n) is 12.5. The average molecular weight is 302 g/mol. The molecule has 0 aromatic heterocycles. The van der Waals surface area contributed by atoms with Gasteiger partial charge in [0.05, 0.1) is 0 Å². The van der Waals surface area contributed by atoms with Crippen molar-refractivity contribution < 1.29 is 4.79 Å². The van der Waals surface area contributed by atoms with E-state index in [1.807, 2.05) is 30.3 Å². The molecule has 0 bridgehead atoms. The van der Waals surface area contributed by atoms with Gasteiger partial charge in [-0.2, -0.15) is 10.5 Å². The number of anilines is 2. The Bertz CT molecular complexity index is 797. The van der Waals surface area contributed by atoms with Gasteiger partial charge in [0, 0.05) is 30.2 Å². The quantitative estimate of drug-likeness (QED) is 0.879. The van der Waals surface area contributed by atoms with Gasteiger partial charge in [-0.25, -0.2) is 0 Å². The van der Waals surface area contributed by atoms with Gasteiger partial charge < -0.3 is 10.2 Å². The second-order valence-corrected chi connectivity index (χ2v) is 4.71. The fourth-order valence-corrected chi connectivity index (χ4v) is 1.95. The van der Waals surface area contributed by atoms with E-state index in [0.29, 0.717) is 11.3 Å². The monoisotopic (exact) mass is 302 g/mol. The second kappa shape index (κ2) is 7.44. The zero-order valence-corrected chi connectivity index (χ0v) is 12.5. The SMILES string of the molecule is CN(C(=O)c1cccc(NC=C(C#N)C#N)c1)c1ccccc1. The number of hydrogen-bond donors (Lipinski definition) is 1. The summed E-state index contributed by atoms with van der Waals surface area (Å²) in [5.74, 6) is -0.149. The lowest BCUT2D eigenvalue weighted by Crippen LogP contribution is -2.26. The van der Waals surface area contributed by atoms with Crippen LogP contribution >= 0.6 is 0 Å². The van der Waals surface area contributed by atoms with Gasteiger partial charge in [0.15, 0.2) is 0 Å². The minimum atomic E-state index is -0.149. The van der Waals surface area contributed by atoms with Crippen LogP contribution in [-0.2, 0) is 0 Å². The van der Waals surface area contributed by atoms with Crippen LogP contribution in [0.5, 0.6) is 0 Å². The third-order valence-electron chi connectivity index (χ3n) is 3.18. The number of nitrogens with zero attached hydrogens (tertiary/aromatic N) is 3. The molecule has 0 saturated carbocycles. The molecule has 0 unspecified atom stereocenters. The number of carbonyl (C=O) groups excluding carboxylic acids is 1. The largest absolute Gasteiger partial charge is 0.360 e. The summed E-state index contributed by atoms with van der Waals surface area (Å²) in [7, 11) is 1.71. The van der Waals surface area contributed by atoms with E-state index in [4.69, 9.17) is 10.5 Å². The lowest BCUT2D eigenvalue weighted by atomic mass is 10.1. The van der Waals surface area contributed by atoms with Crippen molar-refractivity contribution in [3.63, 3.8) is 0 Å². The summed E-state index contributed by atoms with van der Waals surface area (Å²) in [4.78, 5) is 14.1. The molecule has 0 heterocycles. The van der Waals surface area contributed by atoms with E-state index in [1.54, 1.807) is 48.4 Å². The lowest BCUT2D eigenvalue weighted by Gasteiger charge is -2.17. The van der Waals surface area contributed by atoms with E-state index >= 15 is 0 Å². The Labute approximate surface area is 134 Å². The van der Waals surface area contributed by atoms with Gasteiger partial charge in [0.25, 0.3) is 5.91 Å². The third-order valence-corrected chi connectivity index (χ3v) is 3.18. The van der Waals surface area contributed by atoms with Crippen molar-refractivity contribution in [3.8, 4) is 12.1 Å². The fraction of sp³-hybridized carbons (Fsp3) is 0.0556. The molecule has 2 rings (SSSR count). The summed E-state index contributed by atoms with van der Waals surface area (Å²) < 4.78 is 0. The van der Waals surface area contributed by atoms with Crippen molar-refractivity contribution >= 4 is 17.3 Å². The smallest absolute Gasteiger partial charge is 0.258 e. The highest BCUT2D eigenvalue weighted by Crippen LogP contribution is 2.17. The second-order valence-electron chi connectivity index (χ2n) is 4.71. The third kappa shape index (κ3) is 3.96. The molecule has 0 radical (unpaired) electrons. The maximum Gasteiger partial charge on any atom is 0.258 e. The Hall–Kier alpha value is -3.57. The predicted octanol–water partition coefficient (Wildman–Crippen LogP) is 3.31. The van der Waals surface area contributed by atoms with Gasteiger partial charge in [-0.1, -0.05) is 24.3 Å². The Morgan fingerprint density at radius 2 is 1.78 bits per heavy atom. The van der Waals surface area contributed by atoms with Crippen LogP contribution in [0.3, 0.4) is 0 Å². The summed E-state index contributed by atoms with van der Waals surface area (Å²) >= 11 is 0. The molecule has 0 aliphatic carbocycles. The number of nitrogens with one attached hydrogen (secondary N) is 1. The first-order valence-electron chi connectivity index (χ1n) is 6.86. The van der Waals surface area contributed by atoms with E-state index in [1.165, 1.54) is 6.20 Å². The molecule has 112 valence electrons. The molecule has 1 amide bonds. The minimum absolute atomic E-state index is 0.0388. The maximum absolute atomic E-state index is 12.5. The molecule has 1 N–H and O–H groups in total. The van der Waals surface area contributed by atoms with Crippen molar-refractivity contribution in [2.75, 3.05) is 17.3 Å². The Morgan fingerprint density at radius 1 is 1.09 bits per heavy atom. The molecule has 0 atom stereocenters. The first kappa shape index (κ1) is 15.8. The average Bonchev–Trinajstić information content (AvgIpc) is 2.62. The summed E-state index contributed by atoms with van der Waals surface area (Å²) in [6.45, 7) is 0. The van der Waals surface area contributed by atoms with E-state index in [9.17, 15) is 4.79 Å². The van der Waals surface area contributed by atoms with Crippen LogP contribution in [0.4, 0.5) is 11.4 Å². The lowest BCUT2D eigenvalue weighted by molar-refractivity contribution is 0.0993. The molecule has 2 aromatic carbocycles. The normalized spacial score (nSPS) is 9.17. The van der Waals surface area contributed by atoms with Crippen molar-refractivity contribution in [1.29, 1.82) is 10.5 Å². The van der Waals surface area contributed by atoms with Crippen LogP contribution in [0.25, 0.3) is 0 Å². The van der Waals surface area contributed by atoms with Gasteiger partial charge in [-0.15, -0.1) is 0 Å². The molecule has 2 aromatic rings. The minimum Gasteiger partial charge on any atom is -0.360 e. The van der Waals surface area contributed by atoms with Crippen LogP contribution < -0.4 is 10.2 Å². The number of para-hydroxylation sites is 1. The summed E-state index contributed by atoms with van der Waals surface area (Å²) in [6, 6.07) is 19.7. The summed E-state index contributed by atoms with van der Waals surface area (Å²) in [5.41, 5.74) is 1.89. The maximum atomic E-state index is 12.5. The molecule has 5 heteroatoms. The number of carbonyl (C=O) groups is 1. The van der Waals surface area contributed by atoms with Gasteiger partial charge in [0.2, 0.25) is 0 Å². The van der Waals surface area contributed by atoms with Gasteiger partial charge in [-0.3, -0.25) is 4.79 Å². The van der Waals surface area contributed by atoms with Crippen LogP contribution in [0.2, 0.25) is 0 Å². The Kier molecular flexibility index (Phi) is 5.12. The molecule has 0 saturated heterocycles. The summed E-state index contributed by atoms with van der Waals surface area (Å²) in [6.07, 6.45) is 1.31. The number of allylic oxidation sites excluding steroid dienone is 1. The number of amides is 1. The van der Waals surface area contributed by atoms with Crippen LogP contribution in [0, 0.1) is 22.7 Å². The van der Waals surface area contributed by atoms with Crippen molar-refractivity contribution in [2.45, 2.75) is 0 Å². The molecular weight excluding hydrogens is 288 g/mol. The van der Waals surface area contributed by atoms with E-state index < -0.39 is 0 Å². The van der Waals surface area contributed by atoms with Gasteiger partial charge in [-0.05, 0) is 30.3 Å². The fourth-order valence-electron chi connectivity index (χ4n) is 1.95. The van der Waals surface area contributed by atoms with Gasteiger partial charge in [0.1, 0.15) is 17.7 Å². The van der Waals surface area contributed by atoms with Crippen molar-refractivity contribution in [3.05, 3.63) is 71.9 Å². The molecule has 0 aliphatic rings. The molecule has 5 nitrogen and oxygen atoms in total. The van der Waals surface area contributed by atoms with Crippen LogP contribution in [-0.4, -0.2) is 13.0 Å². The van der Waals surface area contributed by atoms with Crippen molar-refractivity contribution in [1.82, 2.24) is 0 Å². The molecular formula is C18H14N4O. The molecule has 0 fully saturated rings. The topological polar surface area (TPSA) is 79.9 Å². The molecule has 0 aliphatic heterocycles. The highest BCUT2D eigenvalue weighted by Gasteiger charge is 2.13. The zero-order chi connectivity index (χ0) is 16.7. The highest BCUT2D eigenvalue weighted by molar-refractivity contribution is 6.06. The number of hydrogen-bond acceptors (Lipinski definition) is 4. The standard InChI is InChI=1S/C18H14N4O/c1-22(17-8-3-2-4-9-17)18(23)15-6-5-7-16(10-15)21-13-14(11-19)12-20/h2-10,13,21H,1H3. The first-order chi connectivity index (χ1) is 11.2. The molecule has 0 spiro atoms. The first-order valence-corrected chi connectivity index (χ1v) is 6.86. The van der Waals surface area contributed by atoms with Crippen molar-refractivity contribution in [2.24, 2.45) is 0 Å². The van der Waals surface area contributed by atoms with Crippen LogP contribution in [0.1, 0.15) is 10.4 Å². The summed E-state index contributed by atoms with van der Waals surface area (Å²) in [5, 5.41) is 20.3. The van der Waals surface area contributed by atoms with Crippen LogP contribution in [0.15, 0.2) is 66.4 Å². The Morgan fingerprint density at radius 3 is 2.43 bits per heavy atom. The molecule has 23 heavy (non-hydrogen) atoms. The van der Waals surface area contributed by atoms with E-state index in [0.717, 1.165) is 5.69 Å². The number of rotatable bonds is 4. The number of benzene rings is 2. The van der Waals surface area contributed by atoms with E-state index in [-0.39, 0.29) is 11.5 Å². The Balaban J connectivity index is 2.20.